The van der Waals surface area contributed by atoms with Crippen LogP contribution < -0.4 is 20.1 Å². The zero-order valence-corrected chi connectivity index (χ0v) is 15.7. The van der Waals surface area contributed by atoms with E-state index in [9.17, 15) is 0 Å². The Bertz CT molecular complexity index is 824. The predicted octanol–water partition coefficient (Wildman–Crippen LogP) is 3.92. The van der Waals surface area contributed by atoms with E-state index in [1.165, 1.54) is 15.6 Å². The molecule has 1 unspecified atom stereocenters. The first kappa shape index (κ1) is 17.6. The van der Waals surface area contributed by atoms with E-state index in [4.69, 9.17) is 15.2 Å². The van der Waals surface area contributed by atoms with E-state index in [0.717, 1.165) is 23.6 Å². The number of nitrogens with two attached hydrogens (primary N) is 1. The van der Waals surface area contributed by atoms with Gasteiger partial charge in [0, 0.05) is 48.2 Å². The summed E-state index contributed by atoms with van der Waals surface area (Å²) in [4.78, 5) is 2.21. The minimum atomic E-state index is 0.190. The molecule has 0 aliphatic rings. The number of rotatable bonds is 7. The molecule has 2 N–H and O–H groups in total. The molecule has 0 radical (unpaired) electrons. The summed E-state index contributed by atoms with van der Waals surface area (Å²) in [5, 5.41) is 3.57. The molecule has 1 heterocycles. The smallest absolute Gasteiger partial charge is 0.124 e. The van der Waals surface area contributed by atoms with Crippen LogP contribution in [0.3, 0.4) is 0 Å². The maximum absolute atomic E-state index is 6.11. The molecule has 0 saturated heterocycles. The molecule has 25 heavy (non-hydrogen) atoms. The van der Waals surface area contributed by atoms with E-state index < -0.39 is 0 Å². The van der Waals surface area contributed by atoms with E-state index >= 15 is 0 Å². The molecule has 132 valence electrons. The van der Waals surface area contributed by atoms with Crippen molar-refractivity contribution in [3.05, 3.63) is 53.4 Å². The molecule has 3 rings (SSSR count). The minimum absolute atomic E-state index is 0.190. The summed E-state index contributed by atoms with van der Waals surface area (Å²) in [6, 6.07) is 14.6. The molecule has 3 aromatic rings. The van der Waals surface area contributed by atoms with Crippen molar-refractivity contribution in [3.63, 3.8) is 0 Å². The number of ether oxygens (including phenoxy) is 2. The second-order valence-electron chi connectivity index (χ2n) is 6.03. The fourth-order valence-electron chi connectivity index (χ4n) is 3.03. The van der Waals surface area contributed by atoms with Crippen molar-refractivity contribution >= 4 is 27.1 Å². The summed E-state index contributed by atoms with van der Waals surface area (Å²) in [6.07, 6.45) is 0.899. The summed E-state index contributed by atoms with van der Waals surface area (Å²) in [6.45, 7) is 0.570. The van der Waals surface area contributed by atoms with Gasteiger partial charge in [0.05, 0.1) is 14.2 Å². The standard InChI is InChI=1S/C20H24N2O2S/c1-22(15-9-17(23-2)11-18(10-15)24-3)16(12-21)8-14-13-25-20-7-5-4-6-19(14)20/h4-7,9-11,13,16H,8,12,21H2,1-3H3. The average Bonchev–Trinajstić information content (AvgIpc) is 3.08. The third-order valence-electron chi connectivity index (χ3n) is 4.58. The van der Waals surface area contributed by atoms with Crippen LogP contribution in [0.2, 0.25) is 0 Å². The van der Waals surface area contributed by atoms with E-state index in [1.807, 2.05) is 18.2 Å². The van der Waals surface area contributed by atoms with Crippen LogP contribution in [0.5, 0.6) is 11.5 Å². The van der Waals surface area contributed by atoms with Gasteiger partial charge >= 0.3 is 0 Å². The van der Waals surface area contributed by atoms with Gasteiger partial charge in [-0.25, -0.2) is 0 Å². The molecule has 5 heteroatoms. The molecule has 0 saturated carbocycles. The Morgan fingerprint density at radius 3 is 2.40 bits per heavy atom. The second kappa shape index (κ2) is 7.76. The van der Waals surface area contributed by atoms with Crippen molar-refractivity contribution in [2.24, 2.45) is 5.73 Å². The lowest BCUT2D eigenvalue weighted by Crippen LogP contribution is -2.39. The van der Waals surface area contributed by atoms with Crippen LogP contribution in [0.1, 0.15) is 5.56 Å². The van der Waals surface area contributed by atoms with Crippen LogP contribution >= 0.6 is 11.3 Å². The summed E-state index contributed by atoms with van der Waals surface area (Å²) in [5.41, 5.74) is 8.49. The number of hydrogen-bond acceptors (Lipinski definition) is 5. The molecule has 0 spiro atoms. The first-order valence-corrected chi connectivity index (χ1v) is 9.15. The van der Waals surface area contributed by atoms with Gasteiger partial charge in [-0.2, -0.15) is 0 Å². The van der Waals surface area contributed by atoms with Crippen molar-refractivity contribution in [1.29, 1.82) is 0 Å². The van der Waals surface area contributed by atoms with Crippen LogP contribution in [-0.4, -0.2) is 33.9 Å². The van der Waals surface area contributed by atoms with E-state index in [-0.39, 0.29) is 6.04 Å². The minimum Gasteiger partial charge on any atom is -0.497 e. The Kier molecular flexibility index (Phi) is 5.46. The maximum atomic E-state index is 6.11. The Hall–Kier alpha value is -2.24. The number of nitrogens with zero attached hydrogens (tertiary/aromatic N) is 1. The SMILES string of the molecule is COc1cc(OC)cc(N(C)C(CN)Cc2csc3ccccc23)c1. The molecular weight excluding hydrogens is 332 g/mol. The molecule has 0 amide bonds. The summed E-state index contributed by atoms with van der Waals surface area (Å²) in [7, 11) is 5.40. The zero-order chi connectivity index (χ0) is 17.8. The number of methoxy groups -OCH3 is 2. The van der Waals surface area contributed by atoms with Crippen LogP contribution in [0, 0.1) is 0 Å². The van der Waals surface area contributed by atoms with Gasteiger partial charge in [0.25, 0.3) is 0 Å². The number of fused-ring (bicyclic) bond motifs is 1. The summed E-state index contributed by atoms with van der Waals surface area (Å²) >= 11 is 1.79. The largest absolute Gasteiger partial charge is 0.497 e. The Morgan fingerprint density at radius 1 is 1.08 bits per heavy atom. The molecule has 1 atom stereocenters. The lowest BCUT2D eigenvalue weighted by molar-refractivity contribution is 0.394. The van der Waals surface area contributed by atoms with E-state index in [0.29, 0.717) is 6.54 Å². The predicted molar refractivity (Wildman–Crippen MR) is 106 cm³/mol. The Balaban J connectivity index is 1.87. The first-order chi connectivity index (χ1) is 12.2. The molecule has 4 nitrogen and oxygen atoms in total. The highest BCUT2D eigenvalue weighted by Gasteiger charge is 2.18. The van der Waals surface area contributed by atoms with Crippen molar-refractivity contribution < 1.29 is 9.47 Å². The second-order valence-corrected chi connectivity index (χ2v) is 6.94. The topological polar surface area (TPSA) is 47.7 Å². The third-order valence-corrected chi connectivity index (χ3v) is 5.59. The number of anilines is 1. The van der Waals surface area contributed by atoms with E-state index in [2.05, 4.69) is 41.6 Å². The normalized spacial score (nSPS) is 12.2. The molecular formula is C20H24N2O2S. The van der Waals surface area contributed by atoms with Gasteiger partial charge in [0.2, 0.25) is 0 Å². The van der Waals surface area contributed by atoms with Crippen molar-refractivity contribution in [2.45, 2.75) is 12.5 Å². The molecule has 0 aliphatic carbocycles. The molecule has 0 bridgehead atoms. The van der Waals surface area contributed by atoms with Crippen LogP contribution in [0.15, 0.2) is 47.8 Å². The monoisotopic (exact) mass is 356 g/mol. The first-order valence-electron chi connectivity index (χ1n) is 8.27. The highest BCUT2D eigenvalue weighted by atomic mass is 32.1. The Morgan fingerprint density at radius 2 is 1.76 bits per heavy atom. The highest BCUT2D eigenvalue weighted by molar-refractivity contribution is 7.17. The molecule has 2 aromatic carbocycles. The average molecular weight is 356 g/mol. The molecule has 0 aliphatic heterocycles. The number of likely N-dealkylation sites (N-methyl/N-ethyl adjacent to an activating group) is 1. The summed E-state index contributed by atoms with van der Waals surface area (Å²) < 4.78 is 12.1. The highest BCUT2D eigenvalue weighted by Crippen LogP contribution is 2.31. The van der Waals surface area contributed by atoms with Gasteiger partial charge in [-0.05, 0) is 28.8 Å². The van der Waals surface area contributed by atoms with Gasteiger partial charge in [0.15, 0.2) is 0 Å². The lowest BCUT2D eigenvalue weighted by atomic mass is 10.0. The maximum Gasteiger partial charge on any atom is 0.124 e. The zero-order valence-electron chi connectivity index (χ0n) is 14.9. The van der Waals surface area contributed by atoms with Crippen LogP contribution in [0.25, 0.3) is 10.1 Å². The van der Waals surface area contributed by atoms with Crippen molar-refractivity contribution in [1.82, 2.24) is 0 Å². The molecule has 0 fully saturated rings. The van der Waals surface area contributed by atoms with Crippen molar-refractivity contribution in [2.75, 3.05) is 32.7 Å². The van der Waals surface area contributed by atoms with Gasteiger partial charge in [-0.3, -0.25) is 0 Å². The van der Waals surface area contributed by atoms with Gasteiger partial charge < -0.3 is 20.1 Å². The molecule has 1 aromatic heterocycles. The lowest BCUT2D eigenvalue weighted by Gasteiger charge is -2.29. The van der Waals surface area contributed by atoms with Crippen LogP contribution in [-0.2, 0) is 6.42 Å². The van der Waals surface area contributed by atoms with Crippen LogP contribution in [0.4, 0.5) is 5.69 Å². The quantitative estimate of drug-likeness (QED) is 0.697. The fraction of sp³-hybridized carbons (Fsp3) is 0.300. The van der Waals surface area contributed by atoms with Gasteiger partial charge in [-0.1, -0.05) is 18.2 Å². The Labute approximate surface area is 152 Å². The van der Waals surface area contributed by atoms with Gasteiger partial charge in [0.1, 0.15) is 11.5 Å². The fourth-order valence-corrected chi connectivity index (χ4v) is 4.01. The van der Waals surface area contributed by atoms with E-state index in [1.54, 1.807) is 25.6 Å². The number of hydrogen-bond donors (Lipinski definition) is 1. The summed E-state index contributed by atoms with van der Waals surface area (Å²) in [5.74, 6) is 1.55. The van der Waals surface area contributed by atoms with Crippen molar-refractivity contribution in [3.8, 4) is 11.5 Å². The third kappa shape index (κ3) is 3.72. The number of thiophene rings is 1. The van der Waals surface area contributed by atoms with Gasteiger partial charge in [-0.15, -0.1) is 11.3 Å². The number of benzene rings is 2.